The van der Waals surface area contributed by atoms with Gasteiger partial charge in [-0.25, -0.2) is 0 Å². The Bertz CT molecular complexity index is 278. The van der Waals surface area contributed by atoms with Gasteiger partial charge in [-0.05, 0) is 19.3 Å². The SMILES string of the molecule is CCC(C)CC(C)NC1CC(=O)N(C)C1=O. The topological polar surface area (TPSA) is 49.4 Å². The molecule has 4 nitrogen and oxygen atoms in total. The number of imide groups is 1. The van der Waals surface area contributed by atoms with Gasteiger partial charge in [-0.3, -0.25) is 14.5 Å². The predicted molar refractivity (Wildman–Crippen MR) is 62.9 cm³/mol. The maximum Gasteiger partial charge on any atom is 0.246 e. The third kappa shape index (κ3) is 3.04. The molecule has 0 spiro atoms. The molecule has 1 heterocycles. The summed E-state index contributed by atoms with van der Waals surface area (Å²) in [6, 6.07) is -0.0280. The molecule has 92 valence electrons. The Morgan fingerprint density at radius 2 is 2.06 bits per heavy atom. The van der Waals surface area contributed by atoms with E-state index in [1.54, 1.807) is 7.05 Å². The fraction of sp³-hybridized carbons (Fsp3) is 0.833. The minimum Gasteiger partial charge on any atom is -0.303 e. The van der Waals surface area contributed by atoms with Gasteiger partial charge in [-0.1, -0.05) is 20.3 Å². The van der Waals surface area contributed by atoms with Gasteiger partial charge in [0.1, 0.15) is 0 Å². The molecule has 16 heavy (non-hydrogen) atoms. The molecular weight excluding hydrogens is 204 g/mol. The summed E-state index contributed by atoms with van der Waals surface area (Å²) in [5.41, 5.74) is 0. The molecule has 1 rings (SSSR count). The lowest BCUT2D eigenvalue weighted by Crippen LogP contribution is -2.42. The third-order valence-corrected chi connectivity index (χ3v) is 3.32. The van der Waals surface area contributed by atoms with Crippen LogP contribution in [0.5, 0.6) is 0 Å². The monoisotopic (exact) mass is 226 g/mol. The van der Waals surface area contributed by atoms with Crippen LogP contribution >= 0.6 is 0 Å². The molecule has 1 aliphatic rings. The van der Waals surface area contributed by atoms with Crippen molar-refractivity contribution in [1.82, 2.24) is 10.2 Å². The molecule has 4 heteroatoms. The lowest BCUT2D eigenvalue weighted by Gasteiger charge is -2.20. The zero-order chi connectivity index (χ0) is 12.3. The Morgan fingerprint density at radius 3 is 2.50 bits per heavy atom. The van der Waals surface area contributed by atoms with Gasteiger partial charge >= 0.3 is 0 Å². The smallest absolute Gasteiger partial charge is 0.246 e. The molecule has 2 amide bonds. The van der Waals surface area contributed by atoms with E-state index in [1.807, 2.05) is 0 Å². The Kier molecular flexibility index (Phi) is 4.47. The lowest BCUT2D eigenvalue weighted by atomic mass is 10.00. The van der Waals surface area contributed by atoms with Crippen molar-refractivity contribution in [1.29, 1.82) is 0 Å². The minimum absolute atomic E-state index is 0.0850. The van der Waals surface area contributed by atoms with E-state index in [0.717, 1.165) is 12.8 Å². The van der Waals surface area contributed by atoms with Crippen LogP contribution in [0.3, 0.4) is 0 Å². The number of hydrogen-bond acceptors (Lipinski definition) is 3. The lowest BCUT2D eigenvalue weighted by molar-refractivity contribution is -0.137. The number of hydrogen-bond donors (Lipinski definition) is 1. The first kappa shape index (κ1) is 13.2. The Hall–Kier alpha value is -0.900. The van der Waals surface area contributed by atoms with E-state index >= 15 is 0 Å². The second-order valence-electron chi connectivity index (χ2n) is 4.86. The molecule has 0 aromatic carbocycles. The van der Waals surface area contributed by atoms with E-state index in [-0.39, 0.29) is 23.9 Å². The van der Waals surface area contributed by atoms with Gasteiger partial charge in [0.05, 0.1) is 12.5 Å². The second kappa shape index (κ2) is 5.43. The molecule has 1 saturated heterocycles. The van der Waals surface area contributed by atoms with Gasteiger partial charge < -0.3 is 5.32 Å². The van der Waals surface area contributed by atoms with Crippen LogP contribution in [0.25, 0.3) is 0 Å². The van der Waals surface area contributed by atoms with E-state index in [0.29, 0.717) is 12.3 Å². The van der Waals surface area contributed by atoms with Gasteiger partial charge in [0.2, 0.25) is 11.8 Å². The van der Waals surface area contributed by atoms with Gasteiger partial charge in [0.15, 0.2) is 0 Å². The van der Waals surface area contributed by atoms with Crippen molar-refractivity contribution in [3.05, 3.63) is 0 Å². The molecule has 1 aliphatic heterocycles. The number of rotatable bonds is 5. The fourth-order valence-corrected chi connectivity index (χ4v) is 2.07. The Morgan fingerprint density at radius 1 is 1.44 bits per heavy atom. The first-order valence-corrected chi connectivity index (χ1v) is 6.02. The van der Waals surface area contributed by atoms with Crippen LogP contribution in [0.1, 0.15) is 40.0 Å². The average Bonchev–Trinajstić information content (AvgIpc) is 2.46. The van der Waals surface area contributed by atoms with Crippen LogP contribution in [0, 0.1) is 5.92 Å². The maximum atomic E-state index is 11.6. The molecule has 0 bridgehead atoms. The van der Waals surface area contributed by atoms with Crippen molar-refractivity contribution < 1.29 is 9.59 Å². The Balaban J connectivity index is 2.43. The van der Waals surface area contributed by atoms with Crippen LogP contribution in [-0.4, -0.2) is 35.8 Å². The molecule has 1 N–H and O–H groups in total. The van der Waals surface area contributed by atoms with Gasteiger partial charge in [0.25, 0.3) is 0 Å². The molecule has 0 aromatic rings. The van der Waals surface area contributed by atoms with Crippen molar-refractivity contribution in [2.45, 2.75) is 52.1 Å². The zero-order valence-electron chi connectivity index (χ0n) is 10.6. The minimum atomic E-state index is -0.309. The summed E-state index contributed by atoms with van der Waals surface area (Å²) in [5.74, 6) is 0.465. The summed E-state index contributed by atoms with van der Waals surface area (Å²) in [4.78, 5) is 24.2. The van der Waals surface area contributed by atoms with E-state index in [9.17, 15) is 9.59 Å². The first-order chi connectivity index (χ1) is 7.45. The molecule has 3 atom stereocenters. The van der Waals surface area contributed by atoms with E-state index in [2.05, 4.69) is 26.1 Å². The molecule has 0 aliphatic carbocycles. The van der Waals surface area contributed by atoms with Gasteiger partial charge in [-0.15, -0.1) is 0 Å². The highest BCUT2D eigenvalue weighted by atomic mass is 16.2. The summed E-state index contributed by atoms with van der Waals surface area (Å²) >= 11 is 0. The molecule has 0 saturated carbocycles. The quantitative estimate of drug-likeness (QED) is 0.716. The van der Waals surface area contributed by atoms with E-state index in [1.165, 1.54) is 4.90 Å². The molecule has 0 aromatic heterocycles. The summed E-state index contributed by atoms with van der Waals surface area (Å²) in [6.07, 6.45) is 2.49. The highest BCUT2D eigenvalue weighted by Crippen LogP contribution is 2.14. The van der Waals surface area contributed by atoms with Crippen molar-refractivity contribution in [2.75, 3.05) is 7.05 Å². The summed E-state index contributed by atoms with van der Waals surface area (Å²) in [6.45, 7) is 6.43. The van der Waals surface area contributed by atoms with Crippen LogP contribution < -0.4 is 5.32 Å². The van der Waals surface area contributed by atoms with Crippen LogP contribution in [0.4, 0.5) is 0 Å². The number of carbonyl (C=O) groups is 2. The number of nitrogens with one attached hydrogen (secondary N) is 1. The average molecular weight is 226 g/mol. The standard InChI is InChI=1S/C12H22N2O2/c1-5-8(2)6-9(3)13-10-7-11(15)14(4)12(10)16/h8-10,13H,5-7H2,1-4H3. The molecule has 1 fully saturated rings. The number of likely N-dealkylation sites (tertiary alicyclic amines) is 1. The summed E-state index contributed by atoms with van der Waals surface area (Å²) in [5, 5.41) is 3.24. The molecule has 0 radical (unpaired) electrons. The van der Waals surface area contributed by atoms with Crippen LogP contribution in [0.2, 0.25) is 0 Å². The van der Waals surface area contributed by atoms with Crippen molar-refractivity contribution in [2.24, 2.45) is 5.92 Å². The number of nitrogens with zero attached hydrogens (tertiary/aromatic N) is 1. The summed E-state index contributed by atoms with van der Waals surface area (Å²) < 4.78 is 0. The molecule has 3 unspecified atom stereocenters. The number of carbonyl (C=O) groups excluding carboxylic acids is 2. The van der Waals surface area contributed by atoms with E-state index < -0.39 is 0 Å². The van der Waals surface area contributed by atoms with E-state index in [4.69, 9.17) is 0 Å². The third-order valence-electron chi connectivity index (χ3n) is 3.32. The number of amides is 2. The summed E-state index contributed by atoms with van der Waals surface area (Å²) in [7, 11) is 1.55. The van der Waals surface area contributed by atoms with Gasteiger partial charge in [-0.2, -0.15) is 0 Å². The highest BCUT2D eigenvalue weighted by molar-refractivity contribution is 6.05. The highest BCUT2D eigenvalue weighted by Gasteiger charge is 2.36. The van der Waals surface area contributed by atoms with Crippen molar-refractivity contribution in [3.8, 4) is 0 Å². The van der Waals surface area contributed by atoms with Crippen molar-refractivity contribution >= 4 is 11.8 Å². The van der Waals surface area contributed by atoms with Crippen LogP contribution in [0.15, 0.2) is 0 Å². The largest absolute Gasteiger partial charge is 0.303 e. The van der Waals surface area contributed by atoms with Crippen LogP contribution in [-0.2, 0) is 9.59 Å². The first-order valence-electron chi connectivity index (χ1n) is 6.02. The zero-order valence-corrected chi connectivity index (χ0v) is 10.6. The maximum absolute atomic E-state index is 11.6. The Labute approximate surface area is 97.4 Å². The second-order valence-corrected chi connectivity index (χ2v) is 4.86. The molecular formula is C12H22N2O2. The van der Waals surface area contributed by atoms with Crippen molar-refractivity contribution in [3.63, 3.8) is 0 Å². The van der Waals surface area contributed by atoms with Gasteiger partial charge in [0, 0.05) is 13.1 Å². The fourth-order valence-electron chi connectivity index (χ4n) is 2.07. The predicted octanol–water partition coefficient (Wildman–Crippen LogP) is 1.16. The number of likely N-dealkylation sites (N-methyl/N-ethyl adjacent to an activating group) is 1. The normalized spacial score (nSPS) is 25.0.